The molecule has 0 aliphatic carbocycles. The Hall–Kier alpha value is -2.01. The van der Waals surface area contributed by atoms with E-state index in [0.29, 0.717) is 29.2 Å². The van der Waals surface area contributed by atoms with E-state index in [1.807, 2.05) is 20.8 Å². The van der Waals surface area contributed by atoms with Gasteiger partial charge in [-0.25, -0.2) is 9.37 Å². The van der Waals surface area contributed by atoms with Crippen LogP contribution in [0.25, 0.3) is 11.4 Å². The van der Waals surface area contributed by atoms with Crippen molar-refractivity contribution in [3.8, 4) is 11.4 Å². The molecule has 1 heterocycles. The molecule has 2 rings (SSSR count). The molecule has 112 valence electrons. The van der Waals surface area contributed by atoms with Crippen molar-refractivity contribution in [1.82, 2.24) is 15.3 Å². The highest BCUT2D eigenvalue weighted by atomic mass is 19.1. The van der Waals surface area contributed by atoms with Gasteiger partial charge < -0.3 is 10.3 Å². The lowest BCUT2D eigenvalue weighted by Gasteiger charge is -2.20. The summed E-state index contributed by atoms with van der Waals surface area (Å²) in [7, 11) is 0. The third kappa shape index (κ3) is 4.23. The molecule has 0 unspecified atom stereocenters. The SMILES string of the molecule is Cc1ccc(-c2nc(CNC(C)(C)C)cc(=O)[nH]2)cc1F. The van der Waals surface area contributed by atoms with Crippen LogP contribution in [-0.4, -0.2) is 15.5 Å². The molecule has 0 saturated carbocycles. The third-order valence-electron chi connectivity index (χ3n) is 3.04. The number of H-pyrrole nitrogens is 1. The summed E-state index contributed by atoms with van der Waals surface area (Å²) in [4.78, 5) is 18.8. The standard InChI is InChI=1S/C16H20FN3O/c1-10-5-6-11(7-13(10)17)15-19-12(8-14(21)20-15)9-18-16(2,3)4/h5-8,18H,9H2,1-4H3,(H,19,20,21). The zero-order chi connectivity index (χ0) is 15.6. The van der Waals surface area contributed by atoms with E-state index in [4.69, 9.17) is 0 Å². The largest absolute Gasteiger partial charge is 0.307 e. The zero-order valence-electron chi connectivity index (χ0n) is 12.7. The minimum absolute atomic E-state index is 0.0690. The first kappa shape index (κ1) is 15.4. The highest BCUT2D eigenvalue weighted by Crippen LogP contribution is 2.17. The quantitative estimate of drug-likeness (QED) is 0.913. The number of benzene rings is 1. The molecule has 5 heteroatoms. The van der Waals surface area contributed by atoms with E-state index >= 15 is 0 Å². The summed E-state index contributed by atoms with van der Waals surface area (Å²) in [5.41, 5.74) is 1.44. The van der Waals surface area contributed by atoms with E-state index in [9.17, 15) is 9.18 Å². The lowest BCUT2D eigenvalue weighted by Crippen LogP contribution is -2.35. The van der Waals surface area contributed by atoms with Gasteiger partial charge in [-0.2, -0.15) is 0 Å². The van der Waals surface area contributed by atoms with Gasteiger partial charge in [0.1, 0.15) is 11.6 Å². The van der Waals surface area contributed by atoms with Crippen LogP contribution in [0.4, 0.5) is 4.39 Å². The van der Waals surface area contributed by atoms with E-state index in [-0.39, 0.29) is 16.9 Å². The zero-order valence-corrected chi connectivity index (χ0v) is 12.7. The predicted molar refractivity (Wildman–Crippen MR) is 81.6 cm³/mol. The van der Waals surface area contributed by atoms with Crippen LogP contribution in [0.2, 0.25) is 0 Å². The summed E-state index contributed by atoms with van der Waals surface area (Å²) in [5, 5.41) is 3.28. The van der Waals surface area contributed by atoms with Crippen LogP contribution in [-0.2, 0) is 6.54 Å². The summed E-state index contributed by atoms with van der Waals surface area (Å²) in [6.45, 7) is 8.29. The third-order valence-corrected chi connectivity index (χ3v) is 3.04. The molecule has 4 nitrogen and oxygen atoms in total. The molecule has 0 amide bonds. The maximum Gasteiger partial charge on any atom is 0.251 e. The maximum absolute atomic E-state index is 13.6. The number of aromatic amines is 1. The smallest absolute Gasteiger partial charge is 0.251 e. The fourth-order valence-corrected chi connectivity index (χ4v) is 1.83. The Morgan fingerprint density at radius 1 is 1.29 bits per heavy atom. The Morgan fingerprint density at radius 2 is 2.00 bits per heavy atom. The molecular formula is C16H20FN3O. The number of rotatable bonds is 3. The van der Waals surface area contributed by atoms with Crippen molar-refractivity contribution in [2.75, 3.05) is 0 Å². The molecule has 1 aromatic heterocycles. The average molecular weight is 289 g/mol. The molecular weight excluding hydrogens is 269 g/mol. The number of hydrogen-bond acceptors (Lipinski definition) is 3. The number of nitrogens with one attached hydrogen (secondary N) is 2. The van der Waals surface area contributed by atoms with Gasteiger partial charge in [0.25, 0.3) is 5.56 Å². The summed E-state index contributed by atoms with van der Waals surface area (Å²) in [5.74, 6) is 0.0699. The van der Waals surface area contributed by atoms with E-state index < -0.39 is 0 Å². The van der Waals surface area contributed by atoms with E-state index in [1.54, 1.807) is 19.1 Å². The van der Waals surface area contributed by atoms with Gasteiger partial charge in [0, 0.05) is 23.7 Å². The lowest BCUT2D eigenvalue weighted by atomic mass is 10.1. The number of nitrogens with zero attached hydrogens (tertiary/aromatic N) is 1. The van der Waals surface area contributed by atoms with Gasteiger partial charge in [-0.3, -0.25) is 4.79 Å². The van der Waals surface area contributed by atoms with Gasteiger partial charge in [0.2, 0.25) is 0 Å². The summed E-state index contributed by atoms with van der Waals surface area (Å²) < 4.78 is 13.6. The molecule has 0 aliphatic heterocycles. The number of aromatic nitrogens is 2. The van der Waals surface area contributed by atoms with Crippen molar-refractivity contribution in [2.24, 2.45) is 0 Å². The fourth-order valence-electron chi connectivity index (χ4n) is 1.83. The Kier molecular flexibility index (Phi) is 4.23. The van der Waals surface area contributed by atoms with Crippen LogP contribution < -0.4 is 10.9 Å². The fraction of sp³-hybridized carbons (Fsp3) is 0.375. The van der Waals surface area contributed by atoms with E-state index in [0.717, 1.165) is 0 Å². The number of aryl methyl sites for hydroxylation is 1. The van der Waals surface area contributed by atoms with E-state index in [1.165, 1.54) is 12.1 Å². The first-order chi connectivity index (χ1) is 9.74. The minimum Gasteiger partial charge on any atom is -0.307 e. The lowest BCUT2D eigenvalue weighted by molar-refractivity contribution is 0.421. The molecule has 0 bridgehead atoms. The van der Waals surface area contributed by atoms with Gasteiger partial charge in [-0.1, -0.05) is 12.1 Å². The molecule has 2 aromatic rings. The normalized spacial score (nSPS) is 11.7. The van der Waals surface area contributed by atoms with Crippen LogP contribution in [0, 0.1) is 12.7 Å². The Balaban J connectivity index is 2.34. The molecule has 2 N–H and O–H groups in total. The number of hydrogen-bond donors (Lipinski definition) is 2. The molecule has 0 atom stereocenters. The van der Waals surface area contributed by atoms with Crippen molar-refractivity contribution < 1.29 is 4.39 Å². The van der Waals surface area contributed by atoms with Crippen LogP contribution in [0.15, 0.2) is 29.1 Å². The van der Waals surface area contributed by atoms with Crippen molar-refractivity contribution in [2.45, 2.75) is 39.8 Å². The summed E-state index contributed by atoms with van der Waals surface area (Å²) >= 11 is 0. The summed E-state index contributed by atoms with van der Waals surface area (Å²) in [6, 6.07) is 6.25. The second kappa shape index (κ2) is 5.77. The summed E-state index contributed by atoms with van der Waals surface area (Å²) in [6.07, 6.45) is 0. The van der Waals surface area contributed by atoms with Crippen molar-refractivity contribution in [3.05, 3.63) is 51.7 Å². The van der Waals surface area contributed by atoms with Crippen LogP contribution >= 0.6 is 0 Å². The Bertz CT molecular complexity index is 701. The molecule has 0 saturated heterocycles. The molecule has 21 heavy (non-hydrogen) atoms. The van der Waals surface area contributed by atoms with Crippen LogP contribution in [0.5, 0.6) is 0 Å². The topological polar surface area (TPSA) is 57.8 Å². The maximum atomic E-state index is 13.6. The first-order valence-corrected chi connectivity index (χ1v) is 6.86. The van der Waals surface area contributed by atoms with Crippen molar-refractivity contribution >= 4 is 0 Å². The van der Waals surface area contributed by atoms with Gasteiger partial charge in [0.05, 0.1) is 5.69 Å². The molecule has 1 aromatic carbocycles. The van der Waals surface area contributed by atoms with Gasteiger partial charge in [-0.05, 0) is 39.3 Å². The van der Waals surface area contributed by atoms with Crippen LogP contribution in [0.1, 0.15) is 32.0 Å². The molecule has 0 spiro atoms. The second-order valence-electron chi connectivity index (χ2n) is 6.15. The van der Waals surface area contributed by atoms with Crippen molar-refractivity contribution in [3.63, 3.8) is 0 Å². The molecule has 0 fully saturated rings. The van der Waals surface area contributed by atoms with E-state index in [2.05, 4.69) is 15.3 Å². The predicted octanol–water partition coefficient (Wildman–Crippen LogP) is 2.77. The highest BCUT2D eigenvalue weighted by Gasteiger charge is 2.11. The number of halogens is 1. The van der Waals surface area contributed by atoms with Crippen LogP contribution in [0.3, 0.4) is 0 Å². The van der Waals surface area contributed by atoms with Gasteiger partial charge >= 0.3 is 0 Å². The monoisotopic (exact) mass is 289 g/mol. The molecule has 0 aliphatic rings. The highest BCUT2D eigenvalue weighted by molar-refractivity contribution is 5.55. The Morgan fingerprint density at radius 3 is 2.62 bits per heavy atom. The molecule has 0 radical (unpaired) electrons. The Labute approximate surface area is 123 Å². The average Bonchev–Trinajstić information content (AvgIpc) is 2.38. The van der Waals surface area contributed by atoms with Gasteiger partial charge in [-0.15, -0.1) is 0 Å². The first-order valence-electron chi connectivity index (χ1n) is 6.86. The van der Waals surface area contributed by atoms with Crippen molar-refractivity contribution in [1.29, 1.82) is 0 Å². The second-order valence-corrected chi connectivity index (χ2v) is 6.15. The van der Waals surface area contributed by atoms with Gasteiger partial charge in [0.15, 0.2) is 0 Å². The minimum atomic E-state index is -0.312.